The molecule has 1 rings (SSSR count). The van der Waals surface area contributed by atoms with Crippen molar-refractivity contribution in [3.8, 4) is 0 Å². The Morgan fingerprint density at radius 1 is 1.00 bits per heavy atom. The summed E-state index contributed by atoms with van der Waals surface area (Å²) in [4.78, 5) is 0. The third-order valence-corrected chi connectivity index (χ3v) is 4.57. The van der Waals surface area contributed by atoms with E-state index in [4.69, 9.17) is 4.74 Å². The lowest BCUT2D eigenvalue weighted by Crippen LogP contribution is -2.49. The quantitative estimate of drug-likeness (QED) is 0.687. The average Bonchev–Trinajstić information content (AvgIpc) is 2.16. The Labute approximate surface area is 95.6 Å². The third kappa shape index (κ3) is 2.22. The zero-order valence-corrected chi connectivity index (χ0v) is 11.3. The van der Waals surface area contributed by atoms with Crippen LogP contribution in [0.5, 0.6) is 0 Å². The fraction of sp³-hybridized carbons (Fsp3) is 1.00. The number of rotatable bonds is 3. The first-order valence-electron chi connectivity index (χ1n) is 6.50. The van der Waals surface area contributed by atoms with Crippen LogP contribution in [0.25, 0.3) is 0 Å². The summed E-state index contributed by atoms with van der Waals surface area (Å²) in [7, 11) is 0. The summed E-state index contributed by atoms with van der Waals surface area (Å²) in [5.74, 6) is 3.03. The van der Waals surface area contributed by atoms with Gasteiger partial charge in [-0.05, 0) is 30.1 Å². The molecule has 0 aromatic rings. The third-order valence-electron chi connectivity index (χ3n) is 4.57. The normalized spacial score (nSPS) is 26.6. The molecule has 1 atom stereocenters. The Balaban J connectivity index is 2.99. The predicted octanol–water partition coefficient (Wildman–Crippen LogP) is 3.98. The highest BCUT2D eigenvalue weighted by Crippen LogP contribution is 2.49. The van der Waals surface area contributed by atoms with Gasteiger partial charge in [0, 0.05) is 12.0 Å². The van der Waals surface area contributed by atoms with Crippen molar-refractivity contribution in [1.82, 2.24) is 0 Å². The molecule has 15 heavy (non-hydrogen) atoms. The Hall–Kier alpha value is -0.0400. The molecule has 1 heterocycles. The van der Waals surface area contributed by atoms with Crippen LogP contribution in [-0.2, 0) is 4.74 Å². The maximum atomic E-state index is 5.79. The second kappa shape index (κ2) is 4.86. The molecule has 0 saturated carbocycles. The van der Waals surface area contributed by atoms with E-state index in [1.54, 1.807) is 0 Å². The average molecular weight is 212 g/mol. The summed E-state index contributed by atoms with van der Waals surface area (Å²) in [5, 5.41) is 0. The Morgan fingerprint density at radius 3 is 1.87 bits per heavy atom. The van der Waals surface area contributed by atoms with Crippen molar-refractivity contribution in [3.05, 3.63) is 0 Å². The fourth-order valence-electron chi connectivity index (χ4n) is 3.65. The molecule has 1 aliphatic heterocycles. The van der Waals surface area contributed by atoms with E-state index in [-0.39, 0.29) is 0 Å². The van der Waals surface area contributed by atoms with Gasteiger partial charge in [0.25, 0.3) is 0 Å². The molecule has 0 aromatic heterocycles. The first-order valence-corrected chi connectivity index (χ1v) is 6.50. The molecule has 1 fully saturated rings. The SMILES string of the molecule is CC(C)C1CCOCC1(C(C)C)C(C)C. The Morgan fingerprint density at radius 2 is 1.53 bits per heavy atom. The summed E-state index contributed by atoms with van der Waals surface area (Å²) in [6.45, 7) is 16.1. The standard InChI is InChI=1S/C14H28O/c1-10(2)13-7-8-15-9-14(13,11(3)4)12(5)6/h10-13H,7-9H2,1-6H3. The van der Waals surface area contributed by atoms with Gasteiger partial charge in [0.1, 0.15) is 0 Å². The molecule has 0 spiro atoms. The summed E-state index contributed by atoms with van der Waals surface area (Å²) in [5.41, 5.74) is 0.395. The molecule has 1 aliphatic rings. The summed E-state index contributed by atoms with van der Waals surface area (Å²) >= 11 is 0. The molecule has 0 aromatic carbocycles. The first-order chi connectivity index (χ1) is 6.93. The van der Waals surface area contributed by atoms with Crippen molar-refractivity contribution in [2.45, 2.75) is 48.0 Å². The van der Waals surface area contributed by atoms with Crippen LogP contribution in [0.4, 0.5) is 0 Å². The van der Waals surface area contributed by atoms with Gasteiger partial charge in [0.2, 0.25) is 0 Å². The topological polar surface area (TPSA) is 9.23 Å². The van der Waals surface area contributed by atoms with Gasteiger partial charge in [-0.3, -0.25) is 0 Å². The Bertz CT molecular complexity index is 186. The Kier molecular flexibility index (Phi) is 4.22. The highest BCUT2D eigenvalue weighted by atomic mass is 16.5. The van der Waals surface area contributed by atoms with E-state index in [1.165, 1.54) is 6.42 Å². The number of ether oxygens (including phenoxy) is 1. The van der Waals surface area contributed by atoms with Crippen molar-refractivity contribution < 1.29 is 4.74 Å². The maximum absolute atomic E-state index is 5.79. The molecular formula is C14H28O. The van der Waals surface area contributed by atoms with E-state index in [0.29, 0.717) is 17.3 Å². The minimum Gasteiger partial charge on any atom is -0.381 e. The molecular weight excluding hydrogens is 184 g/mol. The van der Waals surface area contributed by atoms with E-state index in [9.17, 15) is 0 Å². The molecule has 0 radical (unpaired) electrons. The lowest BCUT2D eigenvalue weighted by Gasteiger charge is -2.51. The second-order valence-electron chi connectivity index (χ2n) is 6.11. The van der Waals surface area contributed by atoms with Crippen molar-refractivity contribution in [1.29, 1.82) is 0 Å². The fourth-order valence-corrected chi connectivity index (χ4v) is 3.65. The molecule has 90 valence electrons. The lowest BCUT2D eigenvalue weighted by atomic mass is 9.57. The van der Waals surface area contributed by atoms with E-state index in [1.807, 2.05) is 0 Å². The van der Waals surface area contributed by atoms with Crippen LogP contribution in [0, 0.1) is 29.1 Å². The van der Waals surface area contributed by atoms with E-state index in [0.717, 1.165) is 25.0 Å². The van der Waals surface area contributed by atoms with Crippen LogP contribution in [0.3, 0.4) is 0 Å². The molecule has 1 unspecified atom stereocenters. The van der Waals surface area contributed by atoms with Crippen LogP contribution in [-0.4, -0.2) is 13.2 Å². The van der Waals surface area contributed by atoms with Crippen molar-refractivity contribution in [3.63, 3.8) is 0 Å². The highest BCUT2D eigenvalue weighted by Gasteiger charge is 2.47. The van der Waals surface area contributed by atoms with Crippen LogP contribution >= 0.6 is 0 Å². The van der Waals surface area contributed by atoms with Gasteiger partial charge < -0.3 is 4.74 Å². The van der Waals surface area contributed by atoms with Crippen molar-refractivity contribution in [2.75, 3.05) is 13.2 Å². The van der Waals surface area contributed by atoms with Gasteiger partial charge in [0.05, 0.1) is 6.61 Å². The van der Waals surface area contributed by atoms with Gasteiger partial charge in [-0.25, -0.2) is 0 Å². The zero-order chi connectivity index (χ0) is 11.6. The predicted molar refractivity (Wildman–Crippen MR) is 65.9 cm³/mol. The van der Waals surface area contributed by atoms with E-state index in [2.05, 4.69) is 41.5 Å². The van der Waals surface area contributed by atoms with Crippen LogP contribution in [0.15, 0.2) is 0 Å². The zero-order valence-electron chi connectivity index (χ0n) is 11.3. The molecule has 1 heteroatoms. The minimum absolute atomic E-state index is 0.395. The largest absolute Gasteiger partial charge is 0.381 e. The summed E-state index contributed by atoms with van der Waals surface area (Å²) in [6, 6.07) is 0. The van der Waals surface area contributed by atoms with Gasteiger partial charge in [-0.1, -0.05) is 41.5 Å². The number of hydrogen-bond donors (Lipinski definition) is 0. The summed E-state index contributed by atoms with van der Waals surface area (Å²) in [6.07, 6.45) is 1.24. The molecule has 1 saturated heterocycles. The van der Waals surface area contributed by atoms with Crippen LogP contribution < -0.4 is 0 Å². The smallest absolute Gasteiger partial charge is 0.0530 e. The van der Waals surface area contributed by atoms with E-state index >= 15 is 0 Å². The van der Waals surface area contributed by atoms with Crippen molar-refractivity contribution in [2.24, 2.45) is 29.1 Å². The number of hydrogen-bond acceptors (Lipinski definition) is 1. The van der Waals surface area contributed by atoms with Gasteiger partial charge in [-0.15, -0.1) is 0 Å². The van der Waals surface area contributed by atoms with Gasteiger partial charge in [0.15, 0.2) is 0 Å². The maximum Gasteiger partial charge on any atom is 0.0530 e. The van der Waals surface area contributed by atoms with Gasteiger partial charge >= 0.3 is 0 Å². The van der Waals surface area contributed by atoms with Crippen LogP contribution in [0.2, 0.25) is 0 Å². The summed E-state index contributed by atoms with van der Waals surface area (Å²) < 4.78 is 5.79. The molecule has 1 nitrogen and oxygen atoms in total. The molecule has 0 aliphatic carbocycles. The van der Waals surface area contributed by atoms with Crippen LogP contribution in [0.1, 0.15) is 48.0 Å². The first kappa shape index (κ1) is 13.0. The monoisotopic (exact) mass is 212 g/mol. The minimum atomic E-state index is 0.395. The highest BCUT2D eigenvalue weighted by molar-refractivity contribution is 4.94. The van der Waals surface area contributed by atoms with Crippen molar-refractivity contribution >= 4 is 0 Å². The van der Waals surface area contributed by atoms with Gasteiger partial charge in [-0.2, -0.15) is 0 Å². The lowest BCUT2D eigenvalue weighted by molar-refractivity contribution is -0.120. The molecule has 0 amide bonds. The molecule has 0 N–H and O–H groups in total. The second-order valence-corrected chi connectivity index (χ2v) is 6.11. The van der Waals surface area contributed by atoms with E-state index < -0.39 is 0 Å². The molecule has 0 bridgehead atoms.